The van der Waals surface area contributed by atoms with Gasteiger partial charge in [0.1, 0.15) is 5.60 Å². The third-order valence-corrected chi connectivity index (χ3v) is 7.13. The standard InChI is InChI=1S/C25H31N5O5/c31-17-24(11-13-34-14-12-24)28-22(33)25(9-5-2-6-10-25)35-16-19-15-20(32)30-23(26-19)27-21(29-30)18-7-3-1-4-8-18/h1,3-4,7-8,15,31H,2,5-6,9-14,16-17H2,(H,28,33)(H,26,27,29). The van der Waals surface area contributed by atoms with Gasteiger partial charge in [-0.2, -0.15) is 9.50 Å². The highest BCUT2D eigenvalue weighted by Crippen LogP contribution is 2.34. The van der Waals surface area contributed by atoms with Crippen LogP contribution in [0.15, 0.2) is 41.2 Å². The lowest BCUT2D eigenvalue weighted by Crippen LogP contribution is -2.61. The molecular formula is C25H31N5O5. The van der Waals surface area contributed by atoms with Crippen LogP contribution < -0.4 is 10.9 Å². The van der Waals surface area contributed by atoms with Gasteiger partial charge in [0.05, 0.1) is 18.8 Å². The van der Waals surface area contributed by atoms with Gasteiger partial charge in [0.25, 0.3) is 11.5 Å². The number of aliphatic hydroxyl groups is 1. The number of carbonyl (C=O) groups excluding carboxylic acids is 1. The van der Waals surface area contributed by atoms with Crippen LogP contribution in [-0.2, 0) is 20.9 Å². The molecule has 1 aliphatic heterocycles. The second-order valence-corrected chi connectivity index (χ2v) is 9.52. The van der Waals surface area contributed by atoms with E-state index in [-0.39, 0.29) is 24.7 Å². The zero-order valence-electron chi connectivity index (χ0n) is 19.7. The number of amides is 1. The highest BCUT2D eigenvalue weighted by molar-refractivity contribution is 5.86. The number of hydrogen-bond acceptors (Lipinski definition) is 7. The van der Waals surface area contributed by atoms with Crippen molar-refractivity contribution in [3.05, 3.63) is 52.4 Å². The molecule has 2 fully saturated rings. The van der Waals surface area contributed by atoms with Crippen LogP contribution in [0.3, 0.4) is 0 Å². The number of benzene rings is 1. The van der Waals surface area contributed by atoms with Gasteiger partial charge in [-0.15, -0.1) is 5.10 Å². The average molecular weight is 482 g/mol. The van der Waals surface area contributed by atoms with Gasteiger partial charge < -0.3 is 24.9 Å². The van der Waals surface area contributed by atoms with Gasteiger partial charge in [-0.25, -0.2) is 0 Å². The second kappa shape index (κ2) is 9.88. The van der Waals surface area contributed by atoms with Gasteiger partial charge in [0.2, 0.25) is 5.78 Å². The Hall–Kier alpha value is -3.08. The Morgan fingerprint density at radius 3 is 2.60 bits per heavy atom. The van der Waals surface area contributed by atoms with Crippen molar-refractivity contribution < 1.29 is 19.4 Å². The van der Waals surface area contributed by atoms with E-state index in [1.807, 2.05) is 30.3 Å². The van der Waals surface area contributed by atoms with Crippen LogP contribution in [0.4, 0.5) is 0 Å². The van der Waals surface area contributed by atoms with Crippen molar-refractivity contribution in [2.45, 2.75) is 62.7 Å². The lowest BCUT2D eigenvalue weighted by Gasteiger charge is -2.42. The monoisotopic (exact) mass is 481 g/mol. The lowest BCUT2D eigenvalue weighted by molar-refractivity contribution is -0.158. The molecular weight excluding hydrogens is 450 g/mol. The minimum Gasteiger partial charge on any atom is -0.394 e. The molecule has 1 amide bonds. The van der Waals surface area contributed by atoms with Crippen LogP contribution in [0, 0.1) is 0 Å². The molecule has 0 atom stereocenters. The summed E-state index contributed by atoms with van der Waals surface area (Å²) in [5.74, 6) is 0.565. The van der Waals surface area contributed by atoms with E-state index in [0.717, 1.165) is 24.8 Å². The number of rotatable bonds is 7. The van der Waals surface area contributed by atoms with E-state index in [2.05, 4.69) is 20.4 Å². The Morgan fingerprint density at radius 1 is 1.14 bits per heavy atom. The molecule has 10 heteroatoms. The number of carbonyl (C=O) groups is 1. The topological polar surface area (TPSA) is 131 Å². The van der Waals surface area contributed by atoms with E-state index in [4.69, 9.17) is 9.47 Å². The van der Waals surface area contributed by atoms with Gasteiger partial charge in [-0.05, 0) is 25.7 Å². The molecule has 3 heterocycles. The second-order valence-electron chi connectivity index (χ2n) is 9.52. The summed E-state index contributed by atoms with van der Waals surface area (Å²) in [6.07, 6.45) is 5.10. The summed E-state index contributed by atoms with van der Waals surface area (Å²) < 4.78 is 12.9. The van der Waals surface area contributed by atoms with E-state index in [9.17, 15) is 14.7 Å². The highest BCUT2D eigenvalue weighted by Gasteiger charge is 2.45. The first kappa shape index (κ1) is 23.7. The number of ether oxygens (including phenoxy) is 2. The fourth-order valence-corrected chi connectivity index (χ4v) is 4.94. The maximum absolute atomic E-state index is 13.5. The molecule has 10 nitrogen and oxygen atoms in total. The normalized spacial score (nSPS) is 19.5. The van der Waals surface area contributed by atoms with E-state index >= 15 is 0 Å². The summed E-state index contributed by atoms with van der Waals surface area (Å²) in [7, 11) is 0. The molecule has 0 radical (unpaired) electrons. The number of aromatic nitrogens is 4. The molecule has 0 unspecified atom stereocenters. The van der Waals surface area contributed by atoms with Gasteiger partial charge >= 0.3 is 0 Å². The van der Waals surface area contributed by atoms with Crippen LogP contribution in [0.5, 0.6) is 0 Å². The van der Waals surface area contributed by atoms with Crippen molar-refractivity contribution >= 4 is 11.7 Å². The number of H-pyrrole nitrogens is 1. The molecule has 2 aliphatic rings. The summed E-state index contributed by atoms with van der Waals surface area (Å²) in [6, 6.07) is 10.9. The smallest absolute Gasteiger partial charge is 0.275 e. The summed E-state index contributed by atoms with van der Waals surface area (Å²) >= 11 is 0. The van der Waals surface area contributed by atoms with Crippen molar-refractivity contribution in [2.75, 3.05) is 19.8 Å². The third-order valence-electron chi connectivity index (χ3n) is 7.13. The third kappa shape index (κ3) is 4.86. The maximum atomic E-state index is 13.5. The van der Waals surface area contributed by atoms with Crippen molar-refractivity contribution in [3.63, 3.8) is 0 Å². The fraction of sp³-hybridized carbons (Fsp3) is 0.520. The Labute approximate surface area is 202 Å². The minimum atomic E-state index is -1.01. The molecule has 3 aromatic rings. The molecule has 1 saturated heterocycles. The maximum Gasteiger partial charge on any atom is 0.275 e. The van der Waals surface area contributed by atoms with Crippen molar-refractivity contribution in [2.24, 2.45) is 0 Å². The van der Waals surface area contributed by atoms with Crippen LogP contribution >= 0.6 is 0 Å². The molecule has 0 bridgehead atoms. The zero-order valence-corrected chi connectivity index (χ0v) is 19.7. The van der Waals surface area contributed by atoms with Crippen molar-refractivity contribution in [3.8, 4) is 11.4 Å². The van der Waals surface area contributed by atoms with Gasteiger partial charge in [0.15, 0.2) is 5.82 Å². The molecule has 5 rings (SSSR count). The molecule has 3 N–H and O–H groups in total. The van der Waals surface area contributed by atoms with Gasteiger partial charge in [-0.1, -0.05) is 49.6 Å². The fourth-order valence-electron chi connectivity index (χ4n) is 4.94. The zero-order chi connectivity index (χ0) is 24.3. The minimum absolute atomic E-state index is 0.0575. The number of nitrogens with one attached hydrogen (secondary N) is 2. The number of aliphatic hydroxyl groups excluding tert-OH is 1. The number of aromatic amines is 1. The molecule has 186 valence electrons. The Morgan fingerprint density at radius 2 is 1.89 bits per heavy atom. The first-order valence-electron chi connectivity index (χ1n) is 12.2. The van der Waals surface area contributed by atoms with Crippen LogP contribution in [-0.4, -0.2) is 61.6 Å². The van der Waals surface area contributed by atoms with Crippen molar-refractivity contribution in [1.29, 1.82) is 0 Å². The van der Waals surface area contributed by atoms with Crippen LogP contribution in [0.1, 0.15) is 50.6 Å². The molecule has 0 spiro atoms. The molecule has 35 heavy (non-hydrogen) atoms. The quantitative estimate of drug-likeness (QED) is 0.470. The summed E-state index contributed by atoms with van der Waals surface area (Å²) in [5, 5.41) is 17.4. The van der Waals surface area contributed by atoms with E-state index in [0.29, 0.717) is 56.2 Å². The summed E-state index contributed by atoms with van der Waals surface area (Å²) in [4.78, 5) is 33.8. The SMILES string of the molecule is O=C(NC1(CO)CCOCC1)C1(OCc2cc(=O)n3nc(-c4ccccc4)nc3[nH]2)CCCCC1. The predicted octanol–water partition coefficient (Wildman–Crippen LogP) is 1.96. The van der Waals surface area contributed by atoms with Crippen LogP contribution in [0.25, 0.3) is 17.2 Å². The molecule has 1 saturated carbocycles. The Kier molecular flexibility index (Phi) is 6.68. The highest BCUT2D eigenvalue weighted by atomic mass is 16.5. The number of hydrogen-bond donors (Lipinski definition) is 3. The first-order chi connectivity index (χ1) is 17.0. The first-order valence-corrected chi connectivity index (χ1v) is 12.2. The van der Waals surface area contributed by atoms with Gasteiger partial charge in [-0.3, -0.25) is 9.59 Å². The largest absolute Gasteiger partial charge is 0.394 e. The average Bonchev–Trinajstić information content (AvgIpc) is 3.34. The van der Waals surface area contributed by atoms with E-state index in [1.54, 1.807) is 0 Å². The molecule has 2 aromatic heterocycles. The summed E-state index contributed by atoms with van der Waals surface area (Å²) in [6.45, 7) is 0.916. The molecule has 1 aliphatic carbocycles. The van der Waals surface area contributed by atoms with Gasteiger partial charge in [0, 0.05) is 30.5 Å². The van der Waals surface area contributed by atoms with Crippen LogP contribution in [0.2, 0.25) is 0 Å². The predicted molar refractivity (Wildman–Crippen MR) is 128 cm³/mol. The summed E-state index contributed by atoms with van der Waals surface area (Å²) in [5.41, 5.74) is -0.688. The van der Waals surface area contributed by atoms with E-state index < -0.39 is 11.1 Å². The molecule has 1 aromatic carbocycles. The van der Waals surface area contributed by atoms with E-state index in [1.165, 1.54) is 10.6 Å². The number of nitrogens with zero attached hydrogens (tertiary/aromatic N) is 3. The lowest BCUT2D eigenvalue weighted by atomic mass is 9.82. The Bertz CT molecular complexity index is 1230. The van der Waals surface area contributed by atoms with Crippen molar-refractivity contribution in [1.82, 2.24) is 24.9 Å². The Balaban J connectivity index is 1.36. The number of fused-ring (bicyclic) bond motifs is 1.